The number of carbonyl (C=O) groups excluding carboxylic acids is 4. The van der Waals surface area contributed by atoms with Gasteiger partial charge in [-0.25, -0.2) is 18.4 Å². The smallest absolute Gasteiger partial charge is 0.410 e. The van der Waals surface area contributed by atoms with Gasteiger partial charge >= 0.3 is 18.1 Å². The number of fused-ring (bicyclic) bond motifs is 1. The van der Waals surface area contributed by atoms with Crippen molar-refractivity contribution in [2.75, 3.05) is 26.7 Å². The third-order valence-corrected chi connectivity index (χ3v) is 8.17. The third kappa shape index (κ3) is 10.5. The minimum absolute atomic E-state index is 0.00368. The molecule has 1 saturated heterocycles. The van der Waals surface area contributed by atoms with Gasteiger partial charge in [0.2, 0.25) is 5.91 Å². The van der Waals surface area contributed by atoms with Crippen LogP contribution in [0.2, 0.25) is 5.02 Å². The fourth-order valence-electron chi connectivity index (χ4n) is 5.15. The van der Waals surface area contributed by atoms with Crippen LogP contribution in [-0.2, 0) is 32.0 Å². The van der Waals surface area contributed by atoms with Crippen LogP contribution in [0, 0.1) is 11.6 Å². The molecule has 2 atom stereocenters. The number of rotatable bonds is 11. The molecule has 1 aliphatic rings. The Hall–Kier alpha value is -4.52. The number of aromatic nitrogens is 1. The Morgan fingerprint density at radius 2 is 1.90 bits per heavy atom. The van der Waals surface area contributed by atoms with E-state index in [9.17, 15) is 28.0 Å². The number of likely N-dealkylation sites (N-methyl/N-ethyl adjacent to an activating group) is 1. The second-order valence-corrected chi connectivity index (χ2v) is 13.1. The Kier molecular flexibility index (Phi) is 12.1. The second kappa shape index (κ2) is 16.1. The Morgan fingerprint density at radius 3 is 2.65 bits per heavy atom. The van der Waals surface area contributed by atoms with Crippen LogP contribution in [0.5, 0.6) is 0 Å². The minimum atomic E-state index is -0.719. The molecule has 3 aromatic rings. The van der Waals surface area contributed by atoms with E-state index >= 15 is 0 Å². The zero-order valence-electron chi connectivity index (χ0n) is 27.4. The maximum atomic E-state index is 13.9. The number of ether oxygens (including phenoxy) is 2. The number of pyridine rings is 1. The predicted molar refractivity (Wildman–Crippen MR) is 175 cm³/mol. The third-order valence-electron chi connectivity index (χ3n) is 7.74. The first kappa shape index (κ1) is 36.3. The van der Waals surface area contributed by atoms with Crippen LogP contribution in [-0.4, -0.2) is 83.2 Å². The monoisotopic (exact) mass is 687 g/mol. The Labute approximate surface area is 282 Å². The number of nitrogens with zero attached hydrogens (tertiary/aromatic N) is 3. The van der Waals surface area contributed by atoms with Crippen molar-refractivity contribution >= 4 is 46.4 Å². The molecule has 1 fully saturated rings. The molecule has 2 N–H and O–H groups in total. The molecule has 1 aromatic heterocycles. The fraction of sp³-hybridized carbons (Fsp3) is 0.441. The molecule has 2 aromatic carbocycles. The Balaban J connectivity index is 1.36. The van der Waals surface area contributed by atoms with Crippen LogP contribution in [0.15, 0.2) is 48.7 Å². The topological polar surface area (TPSA) is 130 Å². The summed E-state index contributed by atoms with van der Waals surface area (Å²) in [6.45, 7) is 5.81. The first-order valence-electron chi connectivity index (χ1n) is 15.6. The molecule has 14 heteroatoms. The highest BCUT2D eigenvalue weighted by molar-refractivity contribution is 6.31. The molecule has 0 radical (unpaired) electrons. The predicted octanol–water partition coefficient (Wildman–Crippen LogP) is 5.37. The zero-order valence-corrected chi connectivity index (χ0v) is 28.1. The lowest BCUT2D eigenvalue weighted by atomic mass is 10.1. The summed E-state index contributed by atoms with van der Waals surface area (Å²) in [4.78, 5) is 58.4. The van der Waals surface area contributed by atoms with Gasteiger partial charge in [0.05, 0.1) is 23.2 Å². The van der Waals surface area contributed by atoms with Crippen LogP contribution in [0.3, 0.4) is 0 Å². The molecular formula is C34H40ClF2N5O6. The summed E-state index contributed by atoms with van der Waals surface area (Å²) in [6.07, 6.45) is 1.60. The summed E-state index contributed by atoms with van der Waals surface area (Å²) in [6, 6.07) is 8.59. The average Bonchev–Trinajstić information content (AvgIpc) is 3.49. The number of likely N-dealkylation sites (tertiary alicyclic amines) is 1. The van der Waals surface area contributed by atoms with Gasteiger partial charge < -0.3 is 29.9 Å². The van der Waals surface area contributed by atoms with Crippen molar-refractivity contribution in [3.63, 3.8) is 0 Å². The molecule has 258 valence electrons. The van der Waals surface area contributed by atoms with Gasteiger partial charge in [0.25, 0.3) is 0 Å². The van der Waals surface area contributed by atoms with E-state index in [1.54, 1.807) is 50.1 Å². The highest BCUT2D eigenvalue weighted by Crippen LogP contribution is 2.20. The van der Waals surface area contributed by atoms with Crippen molar-refractivity contribution in [1.82, 2.24) is 25.4 Å². The van der Waals surface area contributed by atoms with Crippen molar-refractivity contribution < 1.29 is 37.4 Å². The maximum absolute atomic E-state index is 13.9. The summed E-state index contributed by atoms with van der Waals surface area (Å²) in [5.41, 5.74) is 0.119. The largest absolute Gasteiger partial charge is 0.463 e. The lowest BCUT2D eigenvalue weighted by molar-refractivity contribution is -0.144. The number of benzene rings is 2. The Bertz CT molecular complexity index is 1650. The maximum Gasteiger partial charge on any atom is 0.410 e. The van der Waals surface area contributed by atoms with E-state index in [0.29, 0.717) is 41.5 Å². The molecule has 4 rings (SSSR count). The molecule has 0 aliphatic carbocycles. The summed E-state index contributed by atoms with van der Waals surface area (Å²) in [5, 5.41) is 6.80. The molecule has 0 bridgehead atoms. The van der Waals surface area contributed by atoms with E-state index < -0.39 is 41.4 Å². The minimum Gasteiger partial charge on any atom is -0.463 e. The van der Waals surface area contributed by atoms with E-state index in [0.717, 1.165) is 0 Å². The first-order chi connectivity index (χ1) is 22.7. The molecule has 2 heterocycles. The lowest BCUT2D eigenvalue weighted by Gasteiger charge is -2.28. The van der Waals surface area contributed by atoms with E-state index in [4.69, 9.17) is 21.1 Å². The van der Waals surface area contributed by atoms with Gasteiger partial charge in [0, 0.05) is 50.7 Å². The number of esters is 1. The number of hydrogen-bond donors (Lipinski definition) is 2. The molecule has 1 aliphatic heterocycles. The fourth-order valence-corrected chi connectivity index (χ4v) is 5.34. The van der Waals surface area contributed by atoms with Gasteiger partial charge in [-0.05, 0) is 74.9 Å². The van der Waals surface area contributed by atoms with Crippen LogP contribution < -0.4 is 10.6 Å². The highest BCUT2D eigenvalue weighted by Gasteiger charge is 2.31. The first-order valence-corrected chi connectivity index (χ1v) is 16.0. The van der Waals surface area contributed by atoms with Gasteiger partial charge in [0.1, 0.15) is 23.8 Å². The number of nitrogens with one attached hydrogen (secondary N) is 2. The Morgan fingerprint density at radius 1 is 1.12 bits per heavy atom. The van der Waals surface area contributed by atoms with Gasteiger partial charge in [-0.2, -0.15) is 0 Å². The normalized spacial score (nSPS) is 15.1. The van der Waals surface area contributed by atoms with Gasteiger partial charge in [-0.15, -0.1) is 0 Å². The van der Waals surface area contributed by atoms with Crippen molar-refractivity contribution in [3.05, 3.63) is 76.6 Å². The van der Waals surface area contributed by atoms with Crippen LogP contribution in [0.4, 0.5) is 18.4 Å². The number of amides is 4. The molecule has 48 heavy (non-hydrogen) atoms. The molecule has 0 saturated carbocycles. The quantitative estimate of drug-likeness (QED) is 0.259. The molecule has 4 amide bonds. The number of halogens is 3. The number of urea groups is 1. The van der Waals surface area contributed by atoms with Gasteiger partial charge in [-0.1, -0.05) is 23.7 Å². The SMILES string of the molecule is CN(C(=O)NCc1cccc(F)c1Cl)[C@H](CCC(=O)NC1CCN(C(=O)OC(C)(C)C)C1)COC(=O)Cc1cc2cc(F)ccc2cn1. The summed E-state index contributed by atoms with van der Waals surface area (Å²) >= 11 is 6.02. The molecule has 11 nitrogen and oxygen atoms in total. The zero-order chi connectivity index (χ0) is 35.0. The van der Waals surface area contributed by atoms with E-state index in [-0.39, 0.29) is 49.4 Å². The van der Waals surface area contributed by atoms with Crippen molar-refractivity contribution in [2.24, 2.45) is 0 Å². The summed E-state index contributed by atoms with van der Waals surface area (Å²) in [7, 11) is 1.49. The molecule has 0 spiro atoms. The van der Waals surface area contributed by atoms with Crippen molar-refractivity contribution in [2.45, 2.75) is 70.7 Å². The van der Waals surface area contributed by atoms with Gasteiger partial charge in [0.15, 0.2) is 0 Å². The van der Waals surface area contributed by atoms with E-state index in [1.807, 2.05) is 0 Å². The van der Waals surface area contributed by atoms with Crippen molar-refractivity contribution in [3.8, 4) is 0 Å². The van der Waals surface area contributed by atoms with Gasteiger partial charge in [-0.3, -0.25) is 14.6 Å². The van der Waals surface area contributed by atoms with Crippen LogP contribution >= 0.6 is 11.6 Å². The van der Waals surface area contributed by atoms with E-state index in [1.165, 1.54) is 36.2 Å². The summed E-state index contributed by atoms with van der Waals surface area (Å²) < 4.78 is 38.5. The number of carbonyl (C=O) groups is 4. The highest BCUT2D eigenvalue weighted by atomic mass is 35.5. The van der Waals surface area contributed by atoms with Crippen LogP contribution in [0.25, 0.3) is 10.8 Å². The number of hydrogen-bond acceptors (Lipinski definition) is 7. The van der Waals surface area contributed by atoms with Crippen molar-refractivity contribution in [1.29, 1.82) is 0 Å². The average molecular weight is 688 g/mol. The second-order valence-electron chi connectivity index (χ2n) is 12.7. The summed E-state index contributed by atoms with van der Waals surface area (Å²) in [5.74, 6) is -1.95. The molecule has 1 unspecified atom stereocenters. The van der Waals surface area contributed by atoms with E-state index in [2.05, 4.69) is 15.6 Å². The molecular weight excluding hydrogens is 648 g/mol. The lowest BCUT2D eigenvalue weighted by Crippen LogP contribution is -2.46. The standard InChI is InChI=1S/C34H40ClF2N5O6/c1-34(2,3)48-33(46)42-13-12-25(19-42)40-29(43)11-10-27(41(4)32(45)39-18-22-6-5-7-28(37)31(22)35)20-47-30(44)16-26-15-23-14-24(36)9-8-21(23)17-38-26/h5-9,14-15,17,25,27H,10-13,16,18-20H2,1-4H3,(H,39,45)(H,40,43)/t25?,27-/m1/s1. The van der Waals surface area contributed by atoms with Crippen LogP contribution in [0.1, 0.15) is 51.3 Å².